The van der Waals surface area contributed by atoms with Gasteiger partial charge in [-0.15, -0.1) is 0 Å². The predicted octanol–water partition coefficient (Wildman–Crippen LogP) is 3.34. The molecule has 4 rings (SSSR count). The lowest BCUT2D eigenvalue weighted by Gasteiger charge is -2.48. The number of carbonyl (C=O) groups is 1. The van der Waals surface area contributed by atoms with Gasteiger partial charge < -0.3 is 9.64 Å². The van der Waals surface area contributed by atoms with Gasteiger partial charge in [-0.05, 0) is 62.3 Å². The third-order valence-corrected chi connectivity index (χ3v) is 6.49. The quantitative estimate of drug-likeness (QED) is 0.735. The molecular weight excluding hydrogens is 369 g/mol. The van der Waals surface area contributed by atoms with E-state index < -0.39 is 17.5 Å². The van der Waals surface area contributed by atoms with Crippen molar-refractivity contribution in [2.45, 2.75) is 44.7 Å². The molecule has 1 aromatic rings. The van der Waals surface area contributed by atoms with Gasteiger partial charge in [0.2, 0.25) is 5.91 Å². The predicted molar refractivity (Wildman–Crippen MR) is 98.0 cm³/mol. The average molecular weight is 396 g/mol. The molecule has 3 heterocycles. The summed E-state index contributed by atoms with van der Waals surface area (Å²) in [5.41, 5.74) is 0.456. The molecule has 0 spiro atoms. The Morgan fingerprint density at radius 3 is 2.46 bits per heavy atom. The van der Waals surface area contributed by atoms with Crippen LogP contribution in [0.5, 0.6) is 0 Å². The first-order valence-corrected chi connectivity index (χ1v) is 10.3. The molecule has 4 nitrogen and oxygen atoms in total. The number of hydrogen-bond acceptors (Lipinski definition) is 3. The molecule has 0 unspecified atom stereocenters. The van der Waals surface area contributed by atoms with Crippen molar-refractivity contribution in [2.24, 2.45) is 11.8 Å². The Hall–Kier alpha value is -1.60. The molecule has 0 saturated carbocycles. The first-order chi connectivity index (χ1) is 13.5. The number of likely N-dealkylation sites (tertiary alicyclic amines) is 2. The van der Waals surface area contributed by atoms with E-state index in [2.05, 4.69) is 4.90 Å². The molecule has 1 amide bonds. The van der Waals surface area contributed by atoms with Crippen LogP contribution in [-0.4, -0.2) is 54.6 Å². The lowest BCUT2D eigenvalue weighted by atomic mass is 9.83. The van der Waals surface area contributed by atoms with Gasteiger partial charge in [0.15, 0.2) is 17.5 Å². The molecule has 0 aliphatic carbocycles. The Bertz CT molecular complexity index is 701. The van der Waals surface area contributed by atoms with E-state index in [-0.39, 0.29) is 11.8 Å². The van der Waals surface area contributed by atoms with Crippen molar-refractivity contribution in [3.8, 4) is 0 Å². The molecule has 0 radical (unpaired) electrons. The van der Waals surface area contributed by atoms with Gasteiger partial charge in [0.25, 0.3) is 0 Å². The van der Waals surface area contributed by atoms with Gasteiger partial charge in [-0.2, -0.15) is 0 Å². The summed E-state index contributed by atoms with van der Waals surface area (Å²) in [5, 5.41) is 0. The fourth-order valence-electron chi connectivity index (χ4n) is 5.04. The minimum absolute atomic E-state index is 0.0789. The Labute approximate surface area is 163 Å². The normalized spacial score (nSPS) is 26.9. The van der Waals surface area contributed by atoms with Crippen LogP contribution in [0.1, 0.15) is 37.7 Å². The molecule has 28 heavy (non-hydrogen) atoms. The molecule has 3 aliphatic rings. The summed E-state index contributed by atoms with van der Waals surface area (Å²) in [5.74, 6) is -2.99. The summed E-state index contributed by atoms with van der Waals surface area (Å²) in [7, 11) is 0. The first kappa shape index (κ1) is 19.7. The third kappa shape index (κ3) is 4.06. The van der Waals surface area contributed by atoms with Crippen molar-refractivity contribution in [1.82, 2.24) is 9.80 Å². The number of ether oxygens (including phenoxy) is 1. The number of nitrogens with zero attached hydrogens (tertiary/aromatic N) is 2. The molecule has 154 valence electrons. The summed E-state index contributed by atoms with van der Waals surface area (Å²) in [6, 6.07) is 2.47. The lowest BCUT2D eigenvalue weighted by Crippen LogP contribution is -2.55. The lowest BCUT2D eigenvalue weighted by molar-refractivity contribution is -0.142. The maximum absolute atomic E-state index is 13.6. The molecule has 0 N–H and O–H groups in total. The number of amides is 1. The molecule has 0 aromatic heterocycles. The van der Waals surface area contributed by atoms with Gasteiger partial charge in [0.1, 0.15) is 0 Å². The Morgan fingerprint density at radius 1 is 1.04 bits per heavy atom. The minimum atomic E-state index is -1.42. The first-order valence-electron chi connectivity index (χ1n) is 10.3. The van der Waals surface area contributed by atoms with Crippen molar-refractivity contribution in [1.29, 1.82) is 0 Å². The number of fused-ring (bicyclic) bond motifs is 1. The van der Waals surface area contributed by atoms with Gasteiger partial charge in [-0.3, -0.25) is 9.69 Å². The van der Waals surface area contributed by atoms with Crippen LogP contribution >= 0.6 is 0 Å². The van der Waals surface area contributed by atoms with Gasteiger partial charge in [-0.25, -0.2) is 13.2 Å². The maximum Gasteiger partial charge on any atom is 0.225 e. The van der Waals surface area contributed by atoms with Crippen molar-refractivity contribution in [3.05, 3.63) is 35.1 Å². The number of benzene rings is 1. The second-order valence-corrected chi connectivity index (χ2v) is 8.27. The van der Waals surface area contributed by atoms with Gasteiger partial charge in [0, 0.05) is 44.8 Å². The standard InChI is InChI=1S/C21H27F3N2O2/c22-17-10-14(11-18(23)20(17)24)12-25-6-1-2-16-13-26(7-3-19(16)25)21(27)15-4-8-28-9-5-15/h10-11,15-16,19H,1-9,12-13H2/t16-,19+/m0/s1. The number of rotatable bonds is 3. The zero-order valence-electron chi connectivity index (χ0n) is 16.0. The van der Waals surface area contributed by atoms with Crippen molar-refractivity contribution >= 4 is 5.91 Å². The minimum Gasteiger partial charge on any atom is -0.381 e. The Kier molecular flexibility index (Phi) is 5.92. The van der Waals surface area contributed by atoms with E-state index in [9.17, 15) is 18.0 Å². The highest BCUT2D eigenvalue weighted by atomic mass is 19.2. The fourth-order valence-corrected chi connectivity index (χ4v) is 5.04. The van der Waals surface area contributed by atoms with E-state index >= 15 is 0 Å². The second-order valence-electron chi connectivity index (χ2n) is 8.27. The molecule has 0 bridgehead atoms. The molecule has 1 aromatic carbocycles. The van der Waals surface area contributed by atoms with E-state index in [1.54, 1.807) is 0 Å². The van der Waals surface area contributed by atoms with Gasteiger partial charge in [0.05, 0.1) is 0 Å². The Morgan fingerprint density at radius 2 is 1.75 bits per heavy atom. The summed E-state index contributed by atoms with van der Waals surface area (Å²) in [6.07, 6.45) is 4.53. The topological polar surface area (TPSA) is 32.8 Å². The molecular formula is C21H27F3N2O2. The van der Waals surface area contributed by atoms with E-state index in [1.807, 2.05) is 4.90 Å². The van der Waals surface area contributed by atoms with Crippen LogP contribution in [0, 0.1) is 29.3 Å². The maximum atomic E-state index is 13.6. The van der Waals surface area contributed by atoms with Crippen LogP contribution in [0.2, 0.25) is 0 Å². The van der Waals surface area contributed by atoms with E-state index in [0.29, 0.717) is 37.3 Å². The zero-order chi connectivity index (χ0) is 19.7. The summed E-state index contributed by atoms with van der Waals surface area (Å²) >= 11 is 0. The van der Waals surface area contributed by atoms with Crippen LogP contribution in [-0.2, 0) is 16.1 Å². The highest BCUT2D eigenvalue weighted by Gasteiger charge is 2.38. The molecule has 7 heteroatoms. The van der Waals surface area contributed by atoms with E-state index in [4.69, 9.17) is 4.74 Å². The van der Waals surface area contributed by atoms with Crippen LogP contribution in [0.25, 0.3) is 0 Å². The van der Waals surface area contributed by atoms with Gasteiger partial charge >= 0.3 is 0 Å². The highest BCUT2D eigenvalue weighted by molar-refractivity contribution is 5.79. The Balaban J connectivity index is 1.40. The third-order valence-electron chi connectivity index (χ3n) is 6.49. The highest BCUT2D eigenvalue weighted by Crippen LogP contribution is 2.33. The number of piperidine rings is 2. The van der Waals surface area contributed by atoms with Crippen molar-refractivity contribution < 1.29 is 22.7 Å². The molecule has 3 aliphatic heterocycles. The largest absolute Gasteiger partial charge is 0.381 e. The summed E-state index contributed by atoms with van der Waals surface area (Å²) in [4.78, 5) is 17.1. The zero-order valence-corrected chi connectivity index (χ0v) is 16.0. The number of hydrogen-bond donors (Lipinski definition) is 0. The average Bonchev–Trinajstić information content (AvgIpc) is 2.72. The van der Waals surface area contributed by atoms with E-state index in [1.165, 1.54) is 0 Å². The van der Waals surface area contributed by atoms with Crippen LogP contribution in [0.3, 0.4) is 0 Å². The van der Waals surface area contributed by atoms with Crippen LogP contribution in [0.15, 0.2) is 12.1 Å². The smallest absolute Gasteiger partial charge is 0.225 e. The summed E-state index contributed by atoms with van der Waals surface area (Å²) < 4.78 is 45.7. The summed E-state index contributed by atoms with van der Waals surface area (Å²) in [6.45, 7) is 4.06. The van der Waals surface area contributed by atoms with Gasteiger partial charge in [-0.1, -0.05) is 0 Å². The molecule has 2 atom stereocenters. The van der Waals surface area contributed by atoms with E-state index in [0.717, 1.165) is 63.9 Å². The number of carbonyl (C=O) groups excluding carboxylic acids is 1. The SMILES string of the molecule is O=C(C1CCOCC1)N1CC[C@@H]2[C@@H](CCCN2Cc2cc(F)c(F)c(F)c2)C1. The molecule has 3 fully saturated rings. The molecule has 3 saturated heterocycles. The fraction of sp³-hybridized carbons (Fsp3) is 0.667. The van der Waals surface area contributed by atoms with Crippen LogP contribution in [0.4, 0.5) is 13.2 Å². The second kappa shape index (κ2) is 8.41. The van der Waals surface area contributed by atoms with Crippen molar-refractivity contribution in [3.63, 3.8) is 0 Å². The van der Waals surface area contributed by atoms with Crippen LogP contribution < -0.4 is 0 Å². The number of halogens is 3. The van der Waals surface area contributed by atoms with Crippen molar-refractivity contribution in [2.75, 3.05) is 32.8 Å². The monoisotopic (exact) mass is 396 g/mol.